The van der Waals surface area contributed by atoms with Crippen LogP contribution in [0.2, 0.25) is 0 Å². The van der Waals surface area contributed by atoms with Gasteiger partial charge in [-0.05, 0) is 21.5 Å². The van der Waals surface area contributed by atoms with E-state index in [-0.39, 0.29) is 13.3 Å². The lowest BCUT2D eigenvalue weighted by Gasteiger charge is -2.03. The van der Waals surface area contributed by atoms with Crippen molar-refractivity contribution in [2.75, 3.05) is 0 Å². The molecule has 1 aromatic rings. The van der Waals surface area contributed by atoms with Crippen molar-refractivity contribution in [3.8, 4) is 0 Å². The number of nitro groups is 1. The van der Waals surface area contributed by atoms with Gasteiger partial charge in [-0.1, -0.05) is 65.1 Å². The zero-order chi connectivity index (χ0) is 14.4. The van der Waals surface area contributed by atoms with Gasteiger partial charge in [0, 0.05) is 5.75 Å². The highest BCUT2D eigenvalue weighted by atomic mass is 79.9. The molecule has 0 amide bonds. The molecule has 0 unspecified atom stereocenters. The van der Waals surface area contributed by atoms with E-state index in [1.165, 1.54) is 0 Å². The first-order valence-corrected chi connectivity index (χ1v) is 7.76. The molecule has 0 N–H and O–H groups in total. The summed E-state index contributed by atoms with van der Waals surface area (Å²) < 4.78 is -0.0734. The summed E-state index contributed by atoms with van der Waals surface area (Å²) in [6, 6.07) is 9.45. The van der Waals surface area contributed by atoms with Crippen molar-refractivity contribution >= 4 is 62.5 Å². The number of halogens is 4. The number of hydrogen-bond donors (Lipinski definition) is 0. The Balaban J connectivity index is 2.93. The molecular formula is C11H7BrCl3NO2S. The number of thioether (sulfide) groups is 1. The minimum Gasteiger partial charge on any atom is -0.258 e. The quantitative estimate of drug-likeness (QED) is 0.363. The van der Waals surface area contributed by atoms with Crippen LogP contribution in [0.3, 0.4) is 0 Å². The predicted octanol–water partition coefficient (Wildman–Crippen LogP) is 5.65. The lowest BCUT2D eigenvalue weighted by Crippen LogP contribution is -2.01. The zero-order valence-corrected chi connectivity index (χ0v) is 13.9. The Morgan fingerprint density at radius 3 is 2.32 bits per heavy atom. The fraction of sp³-hybridized carbons (Fsp3) is 0.0909. The Bertz CT molecular complexity index is 530. The fourth-order valence-corrected chi connectivity index (χ4v) is 2.79. The lowest BCUT2D eigenvalue weighted by molar-refractivity contribution is -0.419. The Hall–Kier alpha value is -0.200. The number of allylic oxidation sites excluding steroid dienone is 1. The average molecular weight is 404 g/mol. The standard InChI is InChI=1S/C11H7BrCl3NO2S/c12-10(14)8(13)9(16(17)18)11(15)19-6-7-4-2-1-3-5-7/h1-5H,6H2/b10-8-,11-9-. The second-order valence-electron chi connectivity index (χ2n) is 3.23. The molecule has 3 nitrogen and oxygen atoms in total. The third-order valence-corrected chi connectivity index (χ3v) is 4.66. The summed E-state index contributed by atoms with van der Waals surface area (Å²) in [7, 11) is 0. The summed E-state index contributed by atoms with van der Waals surface area (Å²) in [5, 5.41) is 10.7. The van der Waals surface area contributed by atoms with Gasteiger partial charge in [0.2, 0.25) is 0 Å². The monoisotopic (exact) mass is 401 g/mol. The number of benzene rings is 1. The van der Waals surface area contributed by atoms with Gasteiger partial charge in [0.05, 0.1) is 4.92 Å². The van der Waals surface area contributed by atoms with E-state index in [0.717, 1.165) is 17.3 Å². The number of rotatable bonds is 5. The van der Waals surface area contributed by atoms with Crippen LogP contribution in [0.4, 0.5) is 0 Å². The summed E-state index contributed by atoms with van der Waals surface area (Å²) in [4.78, 5) is 10.3. The molecular weight excluding hydrogens is 396 g/mol. The van der Waals surface area contributed by atoms with Gasteiger partial charge in [-0.3, -0.25) is 10.1 Å². The molecule has 1 aromatic carbocycles. The molecule has 0 spiro atoms. The van der Waals surface area contributed by atoms with Crippen LogP contribution < -0.4 is 0 Å². The van der Waals surface area contributed by atoms with Gasteiger partial charge < -0.3 is 0 Å². The summed E-state index contributed by atoms with van der Waals surface area (Å²) >= 11 is 21.3. The van der Waals surface area contributed by atoms with E-state index < -0.39 is 10.6 Å². The maximum atomic E-state index is 11.0. The Morgan fingerprint density at radius 1 is 1.26 bits per heavy atom. The molecule has 0 aliphatic heterocycles. The van der Waals surface area contributed by atoms with Crippen LogP contribution in [-0.4, -0.2) is 4.92 Å². The van der Waals surface area contributed by atoms with Crippen LogP contribution in [0.1, 0.15) is 5.56 Å². The summed E-state index contributed by atoms with van der Waals surface area (Å²) in [6.45, 7) is 0. The predicted molar refractivity (Wildman–Crippen MR) is 85.3 cm³/mol. The van der Waals surface area contributed by atoms with Crippen LogP contribution in [-0.2, 0) is 5.75 Å². The van der Waals surface area contributed by atoms with Crippen molar-refractivity contribution in [2.45, 2.75) is 5.75 Å². The van der Waals surface area contributed by atoms with Crippen molar-refractivity contribution in [1.82, 2.24) is 0 Å². The van der Waals surface area contributed by atoms with E-state index >= 15 is 0 Å². The highest BCUT2D eigenvalue weighted by Gasteiger charge is 2.24. The van der Waals surface area contributed by atoms with E-state index in [1.54, 1.807) is 0 Å². The summed E-state index contributed by atoms with van der Waals surface area (Å²) in [5.41, 5.74) is 0.588. The molecule has 0 saturated carbocycles. The number of nitrogens with zero attached hydrogens (tertiary/aromatic N) is 1. The minimum atomic E-state index is -0.660. The first-order valence-electron chi connectivity index (χ1n) is 4.85. The second-order valence-corrected chi connectivity index (χ2v) is 6.82. The highest BCUT2D eigenvalue weighted by molar-refractivity contribution is 9.12. The molecule has 0 atom stereocenters. The van der Waals surface area contributed by atoms with Gasteiger partial charge in [0.1, 0.15) is 8.97 Å². The van der Waals surface area contributed by atoms with Crippen LogP contribution in [0.25, 0.3) is 0 Å². The molecule has 0 aromatic heterocycles. The third kappa shape index (κ3) is 5.36. The SMILES string of the molecule is O=[N+]([O-])C(=C(/Cl)SCc1ccccc1)/C(Cl)=C(/Cl)Br. The largest absolute Gasteiger partial charge is 0.314 e. The number of hydrogen-bond acceptors (Lipinski definition) is 3. The van der Waals surface area contributed by atoms with Crippen LogP contribution in [0.5, 0.6) is 0 Å². The van der Waals surface area contributed by atoms with Gasteiger partial charge in [-0.2, -0.15) is 0 Å². The average Bonchev–Trinajstić information content (AvgIpc) is 2.37. The van der Waals surface area contributed by atoms with Crippen molar-refractivity contribution in [1.29, 1.82) is 0 Å². The zero-order valence-electron chi connectivity index (χ0n) is 9.28. The molecule has 102 valence electrons. The molecule has 0 aliphatic rings. The molecule has 1 rings (SSSR count). The van der Waals surface area contributed by atoms with E-state index in [1.807, 2.05) is 30.3 Å². The van der Waals surface area contributed by atoms with E-state index in [2.05, 4.69) is 15.9 Å². The topological polar surface area (TPSA) is 43.1 Å². The summed E-state index contributed by atoms with van der Waals surface area (Å²) in [6.07, 6.45) is 0. The maximum Gasteiger partial charge on any atom is 0.314 e. The van der Waals surface area contributed by atoms with Gasteiger partial charge in [-0.25, -0.2) is 0 Å². The van der Waals surface area contributed by atoms with Gasteiger partial charge in [0.15, 0.2) is 4.36 Å². The van der Waals surface area contributed by atoms with Crippen molar-refractivity contribution in [3.63, 3.8) is 0 Å². The van der Waals surface area contributed by atoms with Crippen LogP contribution in [0, 0.1) is 10.1 Å². The van der Waals surface area contributed by atoms with E-state index in [9.17, 15) is 10.1 Å². The van der Waals surface area contributed by atoms with Gasteiger partial charge >= 0.3 is 5.70 Å². The molecule has 0 radical (unpaired) electrons. The molecule has 19 heavy (non-hydrogen) atoms. The Kier molecular flexibility index (Phi) is 7.25. The molecule has 8 heteroatoms. The van der Waals surface area contributed by atoms with Crippen LogP contribution >= 0.6 is 62.5 Å². The smallest absolute Gasteiger partial charge is 0.258 e. The Labute approximate surface area is 137 Å². The summed E-state index contributed by atoms with van der Waals surface area (Å²) in [5.74, 6) is 0.501. The normalized spacial score (nSPS) is 13.7. The fourth-order valence-electron chi connectivity index (χ4n) is 1.12. The van der Waals surface area contributed by atoms with Crippen molar-refractivity contribution < 1.29 is 4.92 Å². The molecule has 0 fully saturated rings. The van der Waals surface area contributed by atoms with Gasteiger partial charge in [0.25, 0.3) is 0 Å². The van der Waals surface area contributed by atoms with Crippen molar-refractivity contribution in [3.05, 3.63) is 65.0 Å². The third-order valence-electron chi connectivity index (χ3n) is 1.95. The lowest BCUT2D eigenvalue weighted by atomic mass is 10.2. The minimum absolute atomic E-state index is 0.0172. The molecule has 0 heterocycles. The van der Waals surface area contributed by atoms with Crippen molar-refractivity contribution in [2.24, 2.45) is 0 Å². The first kappa shape index (κ1) is 16.9. The van der Waals surface area contributed by atoms with Crippen LogP contribution in [0.15, 0.2) is 49.4 Å². The molecule has 0 saturated heterocycles. The molecule has 0 bridgehead atoms. The highest BCUT2D eigenvalue weighted by Crippen LogP contribution is 2.35. The second kappa shape index (κ2) is 8.17. The molecule has 0 aliphatic carbocycles. The van der Waals surface area contributed by atoms with E-state index in [0.29, 0.717) is 5.75 Å². The van der Waals surface area contributed by atoms with Gasteiger partial charge in [-0.15, -0.1) is 11.8 Å². The van der Waals surface area contributed by atoms with E-state index in [4.69, 9.17) is 34.8 Å². The maximum absolute atomic E-state index is 11.0. The first-order chi connectivity index (χ1) is 8.93. The Morgan fingerprint density at radius 2 is 1.84 bits per heavy atom.